The van der Waals surface area contributed by atoms with Crippen LogP contribution in [0.25, 0.3) is 11.3 Å². The second-order valence-electron chi connectivity index (χ2n) is 6.06. The second kappa shape index (κ2) is 8.45. The molecule has 1 aliphatic heterocycles. The molecule has 1 aromatic carbocycles. The van der Waals surface area contributed by atoms with Crippen molar-refractivity contribution in [2.75, 3.05) is 13.2 Å². The number of aliphatic hydroxyl groups excluding tert-OH is 1. The van der Waals surface area contributed by atoms with E-state index in [1.54, 1.807) is 42.7 Å². The maximum Gasteiger partial charge on any atom is 0.167 e. The molecule has 1 unspecified atom stereocenters. The van der Waals surface area contributed by atoms with Gasteiger partial charge in [0, 0.05) is 24.0 Å². The zero-order chi connectivity index (χ0) is 19.4. The number of allylic oxidation sites excluding steroid dienone is 2. The van der Waals surface area contributed by atoms with Gasteiger partial charge in [0.1, 0.15) is 11.2 Å². The molecule has 1 atom stereocenters. The summed E-state index contributed by atoms with van der Waals surface area (Å²) < 4.78 is 13.9. The third-order valence-electron chi connectivity index (χ3n) is 4.21. The van der Waals surface area contributed by atoms with Crippen molar-refractivity contribution in [2.45, 2.75) is 19.2 Å². The normalized spacial score (nSPS) is 17.2. The number of nitrogens with zero attached hydrogens (tertiary/aromatic N) is 3. The van der Waals surface area contributed by atoms with E-state index in [1.807, 2.05) is 11.8 Å². The van der Waals surface area contributed by atoms with E-state index in [0.29, 0.717) is 28.4 Å². The van der Waals surface area contributed by atoms with Crippen LogP contribution in [0.4, 0.5) is 10.1 Å². The molecule has 1 aliphatic rings. The Morgan fingerprint density at radius 1 is 1.37 bits per heavy atom. The van der Waals surface area contributed by atoms with Crippen LogP contribution in [0.15, 0.2) is 58.2 Å². The van der Waals surface area contributed by atoms with Crippen molar-refractivity contribution in [2.24, 2.45) is 4.99 Å². The number of benzene rings is 1. The quantitative estimate of drug-likeness (QED) is 0.767. The maximum absolute atomic E-state index is 13.9. The van der Waals surface area contributed by atoms with Crippen molar-refractivity contribution < 1.29 is 14.3 Å². The molecule has 0 amide bonds. The molecule has 7 heteroatoms. The fourth-order valence-corrected chi connectivity index (χ4v) is 4.09. The minimum atomic E-state index is -0.318. The summed E-state index contributed by atoms with van der Waals surface area (Å²) in [6.45, 7) is 3.83. The highest BCUT2D eigenvalue weighted by molar-refractivity contribution is 8.05. The maximum atomic E-state index is 13.9. The molecule has 140 valence electrons. The summed E-state index contributed by atoms with van der Waals surface area (Å²) in [6.07, 6.45) is 3.32. The Morgan fingerprint density at radius 3 is 2.78 bits per heavy atom. The van der Waals surface area contributed by atoms with Crippen molar-refractivity contribution in [3.05, 3.63) is 59.0 Å². The van der Waals surface area contributed by atoms with Crippen molar-refractivity contribution in [3.8, 4) is 11.3 Å². The Kier molecular flexibility index (Phi) is 6.03. The molecule has 0 saturated heterocycles. The monoisotopic (exact) mass is 385 g/mol. The molecule has 2 heterocycles. The van der Waals surface area contributed by atoms with Gasteiger partial charge in [-0.05, 0) is 38.1 Å². The van der Waals surface area contributed by atoms with E-state index in [0.717, 1.165) is 5.70 Å². The molecule has 27 heavy (non-hydrogen) atoms. The number of rotatable bonds is 6. The summed E-state index contributed by atoms with van der Waals surface area (Å²) >= 11 is 1.42. The van der Waals surface area contributed by atoms with Crippen LogP contribution in [-0.4, -0.2) is 45.5 Å². The van der Waals surface area contributed by atoms with Crippen LogP contribution in [0, 0.1) is 5.82 Å². The number of aliphatic imine (C=N–C) groups is 1. The van der Waals surface area contributed by atoms with Gasteiger partial charge in [0.05, 0.1) is 29.1 Å². The van der Waals surface area contributed by atoms with Crippen LogP contribution >= 0.6 is 11.8 Å². The number of ketones is 1. The number of carbonyl (C=O) groups excluding carboxylic acids is 1. The van der Waals surface area contributed by atoms with Gasteiger partial charge in [0.2, 0.25) is 0 Å². The van der Waals surface area contributed by atoms with Gasteiger partial charge in [-0.25, -0.2) is 4.39 Å². The van der Waals surface area contributed by atoms with Crippen LogP contribution in [0.5, 0.6) is 0 Å². The number of aliphatic hydroxyl groups is 1. The number of Topliss-reactive ketones (excluding diaryl/α,β-unsaturated/α-hetero) is 1. The SMILES string of the molecule is CC(=O)C1=C(C)N(CCO)C(C=Nc2ccc(-c3ccccc3F)nc2)S1. The largest absolute Gasteiger partial charge is 0.395 e. The first-order valence-corrected chi connectivity index (χ1v) is 9.40. The number of halogens is 1. The van der Waals surface area contributed by atoms with Crippen LogP contribution in [0.2, 0.25) is 0 Å². The fourth-order valence-electron chi connectivity index (χ4n) is 2.88. The van der Waals surface area contributed by atoms with E-state index in [1.165, 1.54) is 24.8 Å². The summed E-state index contributed by atoms with van der Waals surface area (Å²) in [4.78, 5) is 23.1. The van der Waals surface area contributed by atoms with Crippen molar-refractivity contribution in [1.82, 2.24) is 9.88 Å². The van der Waals surface area contributed by atoms with E-state index in [-0.39, 0.29) is 23.6 Å². The molecule has 0 spiro atoms. The standard InChI is InChI=1S/C20H20FN3O2S/c1-13-20(14(2)26)27-19(24(13)9-10-25)12-22-15-7-8-18(23-11-15)16-5-3-4-6-17(16)21/h3-8,11-12,19,25H,9-10H2,1-2H3. The lowest BCUT2D eigenvalue weighted by Crippen LogP contribution is -2.31. The van der Waals surface area contributed by atoms with E-state index >= 15 is 0 Å². The van der Waals surface area contributed by atoms with Gasteiger partial charge in [0.25, 0.3) is 0 Å². The lowest BCUT2D eigenvalue weighted by molar-refractivity contribution is -0.113. The van der Waals surface area contributed by atoms with Crippen LogP contribution in [0.1, 0.15) is 13.8 Å². The predicted octanol–water partition coefficient (Wildman–Crippen LogP) is 3.78. The third kappa shape index (κ3) is 4.26. The van der Waals surface area contributed by atoms with Gasteiger partial charge in [-0.2, -0.15) is 0 Å². The molecule has 0 bridgehead atoms. The number of thioether (sulfide) groups is 1. The number of aromatic nitrogens is 1. The molecule has 3 rings (SSSR count). The minimum Gasteiger partial charge on any atom is -0.395 e. The summed E-state index contributed by atoms with van der Waals surface area (Å²) in [5, 5.41) is 9.13. The first-order chi connectivity index (χ1) is 13.0. The molecule has 5 nitrogen and oxygen atoms in total. The Balaban J connectivity index is 1.76. The number of hydrogen-bond acceptors (Lipinski definition) is 6. The zero-order valence-electron chi connectivity index (χ0n) is 15.1. The Hall–Kier alpha value is -2.51. The van der Waals surface area contributed by atoms with Gasteiger partial charge < -0.3 is 10.0 Å². The second-order valence-corrected chi connectivity index (χ2v) is 7.18. The van der Waals surface area contributed by atoms with Crippen molar-refractivity contribution in [1.29, 1.82) is 0 Å². The lowest BCUT2D eigenvalue weighted by atomic mass is 10.1. The highest BCUT2D eigenvalue weighted by Crippen LogP contribution is 2.37. The summed E-state index contributed by atoms with van der Waals surface area (Å²) in [7, 11) is 0. The number of carbonyl (C=O) groups is 1. The number of β-amino-alcohol motifs (C(OH)–C–C–N with tert-alkyl or cyclic N) is 1. The van der Waals surface area contributed by atoms with Gasteiger partial charge in [-0.3, -0.25) is 14.8 Å². The molecular formula is C20H20FN3O2S. The van der Waals surface area contributed by atoms with E-state index in [2.05, 4.69) is 9.98 Å². The van der Waals surface area contributed by atoms with Crippen LogP contribution < -0.4 is 0 Å². The smallest absolute Gasteiger partial charge is 0.167 e. The Morgan fingerprint density at radius 2 is 2.15 bits per heavy atom. The average Bonchev–Trinajstić information content (AvgIpc) is 2.98. The predicted molar refractivity (Wildman–Crippen MR) is 106 cm³/mol. The zero-order valence-corrected chi connectivity index (χ0v) is 15.9. The fraction of sp³-hybridized carbons (Fsp3) is 0.250. The molecule has 0 aliphatic carbocycles. The lowest BCUT2D eigenvalue weighted by Gasteiger charge is -2.23. The van der Waals surface area contributed by atoms with E-state index in [4.69, 9.17) is 0 Å². The molecular weight excluding hydrogens is 365 g/mol. The Bertz CT molecular complexity index is 896. The number of pyridine rings is 1. The molecule has 0 radical (unpaired) electrons. The molecule has 1 N–H and O–H groups in total. The van der Waals surface area contributed by atoms with Crippen molar-refractivity contribution in [3.63, 3.8) is 0 Å². The van der Waals surface area contributed by atoms with Gasteiger partial charge in [-0.15, -0.1) is 0 Å². The van der Waals surface area contributed by atoms with Crippen molar-refractivity contribution >= 4 is 29.4 Å². The highest BCUT2D eigenvalue weighted by Gasteiger charge is 2.30. The molecule has 2 aromatic rings. The highest BCUT2D eigenvalue weighted by atomic mass is 32.2. The summed E-state index contributed by atoms with van der Waals surface area (Å²) in [5.41, 5.74) is 2.47. The minimum absolute atomic E-state index is 0.00671. The van der Waals surface area contributed by atoms with E-state index < -0.39 is 0 Å². The molecule has 1 aromatic heterocycles. The van der Waals surface area contributed by atoms with Gasteiger partial charge >= 0.3 is 0 Å². The van der Waals surface area contributed by atoms with Crippen LogP contribution in [-0.2, 0) is 4.79 Å². The van der Waals surface area contributed by atoms with Gasteiger partial charge in [0.15, 0.2) is 5.78 Å². The first-order valence-electron chi connectivity index (χ1n) is 8.52. The topological polar surface area (TPSA) is 65.8 Å². The molecule has 0 saturated carbocycles. The summed E-state index contributed by atoms with van der Waals surface area (Å²) in [6, 6.07) is 9.98. The number of hydrogen-bond donors (Lipinski definition) is 1. The van der Waals surface area contributed by atoms with E-state index in [9.17, 15) is 14.3 Å². The Labute approximate surface area is 161 Å². The molecule has 0 fully saturated rings. The van der Waals surface area contributed by atoms with Crippen LogP contribution in [0.3, 0.4) is 0 Å². The summed E-state index contributed by atoms with van der Waals surface area (Å²) in [5.74, 6) is -0.311. The first kappa shape index (κ1) is 19.3. The van der Waals surface area contributed by atoms with Gasteiger partial charge in [-0.1, -0.05) is 23.9 Å². The third-order valence-corrected chi connectivity index (χ3v) is 5.65. The average molecular weight is 385 g/mol.